The lowest BCUT2D eigenvalue weighted by Gasteiger charge is -2.26. The summed E-state index contributed by atoms with van der Waals surface area (Å²) in [5.41, 5.74) is 0. The third kappa shape index (κ3) is 33.7. The summed E-state index contributed by atoms with van der Waals surface area (Å²) in [6.07, 6.45) is 31.3. The summed E-state index contributed by atoms with van der Waals surface area (Å²) in [5.74, 6) is 0.124. The number of carbonyl (C=O) groups excluding carboxylic acids is 2. The van der Waals surface area contributed by atoms with Crippen LogP contribution in [0.15, 0.2) is 0 Å². The summed E-state index contributed by atoms with van der Waals surface area (Å²) >= 11 is 0. The highest BCUT2D eigenvalue weighted by Crippen LogP contribution is 2.19. The maximum atomic E-state index is 12.8. The van der Waals surface area contributed by atoms with Crippen molar-refractivity contribution in [3.63, 3.8) is 0 Å². The van der Waals surface area contributed by atoms with Crippen molar-refractivity contribution in [1.82, 2.24) is 4.90 Å². The predicted molar refractivity (Wildman–Crippen MR) is 206 cm³/mol. The van der Waals surface area contributed by atoms with Gasteiger partial charge in [0.15, 0.2) is 0 Å². The van der Waals surface area contributed by atoms with Crippen LogP contribution in [0.25, 0.3) is 0 Å². The van der Waals surface area contributed by atoms with E-state index in [4.69, 9.17) is 9.47 Å². The van der Waals surface area contributed by atoms with E-state index in [9.17, 15) is 19.8 Å². The molecular formula is C42H83NO6. The van der Waals surface area contributed by atoms with Gasteiger partial charge in [0.25, 0.3) is 0 Å². The zero-order valence-corrected chi connectivity index (χ0v) is 32.9. The molecule has 0 fully saturated rings. The lowest BCUT2D eigenvalue weighted by atomic mass is 10.00. The van der Waals surface area contributed by atoms with Gasteiger partial charge in [0, 0.05) is 39.1 Å². The van der Waals surface area contributed by atoms with E-state index in [1.807, 2.05) is 0 Å². The summed E-state index contributed by atoms with van der Waals surface area (Å²) in [4.78, 5) is 27.0. The van der Waals surface area contributed by atoms with Gasteiger partial charge in [-0.25, -0.2) is 0 Å². The maximum Gasteiger partial charge on any atom is 0.306 e. The monoisotopic (exact) mass is 698 g/mol. The average molecular weight is 698 g/mol. The first-order chi connectivity index (χ1) is 24.0. The van der Waals surface area contributed by atoms with Crippen LogP contribution in [0.3, 0.4) is 0 Å². The van der Waals surface area contributed by atoms with Crippen LogP contribution in [-0.2, 0) is 19.1 Å². The van der Waals surface area contributed by atoms with Gasteiger partial charge in [-0.2, -0.15) is 0 Å². The molecule has 0 spiro atoms. The number of esters is 2. The fraction of sp³-hybridized carbons (Fsp3) is 0.952. The molecule has 7 nitrogen and oxygen atoms in total. The molecule has 0 saturated heterocycles. The molecule has 0 aliphatic rings. The van der Waals surface area contributed by atoms with Crippen molar-refractivity contribution in [3.8, 4) is 0 Å². The Morgan fingerprint density at radius 3 is 1.59 bits per heavy atom. The van der Waals surface area contributed by atoms with Gasteiger partial charge in [0.2, 0.25) is 0 Å². The van der Waals surface area contributed by atoms with Gasteiger partial charge >= 0.3 is 11.9 Å². The molecule has 0 aromatic carbocycles. The summed E-state index contributed by atoms with van der Waals surface area (Å²) in [6, 6.07) is 0. The van der Waals surface area contributed by atoms with Crippen LogP contribution in [0.2, 0.25) is 0 Å². The first-order valence-electron chi connectivity index (χ1n) is 21.3. The van der Waals surface area contributed by atoms with E-state index in [2.05, 4.69) is 25.7 Å². The van der Waals surface area contributed by atoms with E-state index in [0.717, 1.165) is 129 Å². The number of ether oxygens (including phenoxy) is 2. The van der Waals surface area contributed by atoms with Crippen LogP contribution in [0.4, 0.5) is 0 Å². The fourth-order valence-electron chi connectivity index (χ4n) is 6.63. The molecule has 292 valence electrons. The summed E-state index contributed by atoms with van der Waals surface area (Å²) in [5, 5.41) is 19.5. The average Bonchev–Trinajstić information content (AvgIpc) is 3.10. The molecule has 0 aromatic rings. The Balaban J connectivity index is 4.33. The summed E-state index contributed by atoms with van der Waals surface area (Å²) in [7, 11) is 0. The van der Waals surface area contributed by atoms with E-state index in [-0.39, 0.29) is 37.2 Å². The molecule has 0 bridgehead atoms. The maximum absolute atomic E-state index is 12.8. The van der Waals surface area contributed by atoms with Crippen LogP contribution in [0, 0.1) is 5.92 Å². The topological polar surface area (TPSA) is 96.3 Å². The smallest absolute Gasteiger partial charge is 0.306 e. The van der Waals surface area contributed by atoms with Crippen LogP contribution >= 0.6 is 0 Å². The molecule has 1 atom stereocenters. The molecule has 0 heterocycles. The minimum atomic E-state index is -0.0625. The number of carbonyl (C=O) groups is 2. The highest BCUT2D eigenvalue weighted by molar-refractivity contribution is 5.69. The number of hydrogen-bond acceptors (Lipinski definition) is 7. The molecule has 0 aliphatic carbocycles. The Hall–Kier alpha value is -1.18. The quantitative estimate of drug-likeness (QED) is 0.0487. The van der Waals surface area contributed by atoms with E-state index in [1.54, 1.807) is 0 Å². The van der Waals surface area contributed by atoms with E-state index in [1.165, 1.54) is 64.2 Å². The standard InChI is InChI=1S/C42H83NO6/c1-4-7-10-12-15-21-29-40(30-22-16-13-11-8-5-2)49-42(47)32-24-19-20-28-39(38-45)37-43(34-27-35-44)33-25-18-14-17-23-31-41(46)48-36-26-9-6-3/h39-40,44-45H,4-38H2,1-3H3. The van der Waals surface area contributed by atoms with Crippen molar-refractivity contribution in [3.05, 3.63) is 0 Å². The number of rotatable bonds is 39. The van der Waals surface area contributed by atoms with E-state index in [0.29, 0.717) is 19.4 Å². The fourth-order valence-corrected chi connectivity index (χ4v) is 6.63. The zero-order valence-electron chi connectivity index (χ0n) is 32.9. The van der Waals surface area contributed by atoms with Crippen molar-refractivity contribution in [2.24, 2.45) is 5.92 Å². The van der Waals surface area contributed by atoms with E-state index < -0.39 is 0 Å². The third-order valence-corrected chi connectivity index (χ3v) is 9.82. The van der Waals surface area contributed by atoms with Crippen molar-refractivity contribution in [2.45, 2.75) is 213 Å². The Morgan fingerprint density at radius 1 is 0.531 bits per heavy atom. The van der Waals surface area contributed by atoms with Crippen LogP contribution in [0.5, 0.6) is 0 Å². The molecule has 0 aliphatic heterocycles. The number of aliphatic hydroxyl groups excluding tert-OH is 2. The number of aliphatic hydroxyl groups is 2. The van der Waals surface area contributed by atoms with Crippen LogP contribution < -0.4 is 0 Å². The van der Waals surface area contributed by atoms with E-state index >= 15 is 0 Å². The lowest BCUT2D eigenvalue weighted by Crippen LogP contribution is -2.33. The van der Waals surface area contributed by atoms with Gasteiger partial charge in [0.05, 0.1) is 6.61 Å². The molecule has 49 heavy (non-hydrogen) atoms. The highest BCUT2D eigenvalue weighted by atomic mass is 16.5. The van der Waals surface area contributed by atoms with Crippen molar-refractivity contribution >= 4 is 11.9 Å². The first kappa shape index (κ1) is 47.8. The Kier molecular flexibility index (Phi) is 37.1. The molecule has 0 rings (SSSR count). The second-order valence-electron chi connectivity index (χ2n) is 14.7. The normalized spacial score (nSPS) is 12.2. The number of nitrogens with zero attached hydrogens (tertiary/aromatic N) is 1. The molecule has 1 unspecified atom stereocenters. The first-order valence-corrected chi connectivity index (χ1v) is 21.3. The molecule has 7 heteroatoms. The van der Waals surface area contributed by atoms with Crippen LogP contribution in [-0.4, -0.2) is 72.6 Å². The molecule has 0 radical (unpaired) electrons. The van der Waals surface area contributed by atoms with Gasteiger partial charge in [-0.15, -0.1) is 0 Å². The lowest BCUT2D eigenvalue weighted by molar-refractivity contribution is -0.150. The van der Waals surface area contributed by atoms with Crippen molar-refractivity contribution in [2.75, 3.05) is 39.5 Å². The Bertz CT molecular complexity index is 689. The summed E-state index contributed by atoms with van der Waals surface area (Å²) < 4.78 is 11.3. The molecular weight excluding hydrogens is 614 g/mol. The molecule has 0 saturated carbocycles. The highest BCUT2D eigenvalue weighted by Gasteiger charge is 2.16. The van der Waals surface area contributed by atoms with Gasteiger partial charge in [-0.05, 0) is 76.7 Å². The van der Waals surface area contributed by atoms with Gasteiger partial charge < -0.3 is 24.6 Å². The number of hydrogen-bond donors (Lipinski definition) is 2. The summed E-state index contributed by atoms with van der Waals surface area (Å²) in [6.45, 7) is 10.2. The second kappa shape index (κ2) is 38.1. The SMILES string of the molecule is CCCCCCCCC(CCCCCCCC)OC(=O)CCCCCC(CO)CN(CCCO)CCCCCCCC(=O)OCCCCC. The largest absolute Gasteiger partial charge is 0.466 e. The Labute approximate surface area is 304 Å². The second-order valence-corrected chi connectivity index (χ2v) is 14.7. The minimum absolute atomic E-state index is 0.0294. The Morgan fingerprint density at radius 2 is 1.00 bits per heavy atom. The van der Waals surface area contributed by atoms with Gasteiger partial charge in [0.1, 0.15) is 6.10 Å². The predicted octanol–water partition coefficient (Wildman–Crippen LogP) is 10.7. The van der Waals surface area contributed by atoms with Gasteiger partial charge in [-0.1, -0.05) is 130 Å². The third-order valence-electron chi connectivity index (χ3n) is 9.82. The minimum Gasteiger partial charge on any atom is -0.466 e. The van der Waals surface area contributed by atoms with Gasteiger partial charge in [-0.3, -0.25) is 9.59 Å². The molecule has 2 N–H and O–H groups in total. The van der Waals surface area contributed by atoms with Crippen LogP contribution in [0.1, 0.15) is 207 Å². The van der Waals surface area contributed by atoms with Crippen molar-refractivity contribution < 1.29 is 29.3 Å². The molecule has 0 amide bonds. The molecule has 0 aromatic heterocycles. The number of unbranched alkanes of at least 4 members (excludes halogenated alkanes) is 18. The van der Waals surface area contributed by atoms with Crippen molar-refractivity contribution in [1.29, 1.82) is 0 Å². The zero-order chi connectivity index (χ0) is 36.0.